The minimum Gasteiger partial charge on any atom is -0.466 e. The fourth-order valence-corrected chi connectivity index (χ4v) is 3.16. The molecule has 1 heterocycles. The number of nitrogens with one attached hydrogen (secondary N) is 1. The Morgan fingerprint density at radius 3 is 2.69 bits per heavy atom. The number of thiazole rings is 1. The average Bonchev–Trinajstić information content (AvgIpc) is 3.10. The number of methoxy groups -OCH3 is 1. The van der Waals surface area contributed by atoms with Crippen LogP contribution >= 0.6 is 11.3 Å². The van der Waals surface area contributed by atoms with E-state index < -0.39 is 10.9 Å². The molecule has 1 aromatic heterocycles. The summed E-state index contributed by atoms with van der Waals surface area (Å²) in [6.45, 7) is 6.06. The molecular formula is C18H21N3O4S. The summed E-state index contributed by atoms with van der Waals surface area (Å²) in [4.78, 5) is 26.7. The maximum Gasteiger partial charge on any atom is 0.330 e. The number of rotatable bonds is 7. The summed E-state index contributed by atoms with van der Waals surface area (Å²) in [7, 11) is 1.27. The molecule has 26 heavy (non-hydrogen) atoms. The molecule has 0 fully saturated rings. The fraction of sp³-hybridized carbons (Fsp3) is 0.333. The van der Waals surface area contributed by atoms with Gasteiger partial charge in [0.1, 0.15) is 5.69 Å². The number of carbonyl (C=O) groups excluding carboxylic acids is 1. The van der Waals surface area contributed by atoms with Crippen LogP contribution in [0.25, 0.3) is 6.08 Å². The van der Waals surface area contributed by atoms with Gasteiger partial charge in [-0.15, -0.1) is 11.3 Å². The normalized spacial score (nSPS) is 12.3. The Bertz CT molecular complexity index is 830. The standard InChI is InChI=1S/C18H21N3O4S/c1-11(2)18-20-15(10-26-18)12(3)19-14-7-5-13(6-8-17(22)25-4)9-16(14)21(23)24/h5-12,19H,1-4H3/b8-6+. The molecule has 7 nitrogen and oxygen atoms in total. The molecule has 0 bridgehead atoms. The molecule has 2 aromatic rings. The van der Waals surface area contributed by atoms with Crippen molar-refractivity contribution in [2.24, 2.45) is 0 Å². The predicted octanol–water partition coefficient (Wildman–Crippen LogP) is 4.53. The number of nitrogens with zero attached hydrogens (tertiary/aromatic N) is 2. The first-order valence-corrected chi connectivity index (χ1v) is 8.96. The van der Waals surface area contributed by atoms with E-state index in [1.165, 1.54) is 25.3 Å². The Morgan fingerprint density at radius 2 is 2.12 bits per heavy atom. The van der Waals surface area contributed by atoms with E-state index >= 15 is 0 Å². The molecule has 1 atom stereocenters. The third-order valence-electron chi connectivity index (χ3n) is 3.68. The molecule has 1 N–H and O–H groups in total. The van der Waals surface area contributed by atoms with Crippen LogP contribution in [0, 0.1) is 10.1 Å². The quantitative estimate of drug-likeness (QED) is 0.330. The molecule has 0 aliphatic rings. The molecule has 8 heteroatoms. The van der Waals surface area contributed by atoms with Gasteiger partial charge in [0.2, 0.25) is 0 Å². The largest absolute Gasteiger partial charge is 0.466 e. The number of nitro benzene ring substituents is 1. The first-order valence-electron chi connectivity index (χ1n) is 8.08. The van der Waals surface area contributed by atoms with Crippen LogP contribution in [0.15, 0.2) is 29.7 Å². The lowest BCUT2D eigenvalue weighted by Gasteiger charge is -2.13. The van der Waals surface area contributed by atoms with Crippen molar-refractivity contribution in [3.8, 4) is 0 Å². The molecular weight excluding hydrogens is 354 g/mol. The zero-order chi connectivity index (χ0) is 19.3. The van der Waals surface area contributed by atoms with Crippen molar-refractivity contribution >= 4 is 34.8 Å². The highest BCUT2D eigenvalue weighted by atomic mass is 32.1. The van der Waals surface area contributed by atoms with E-state index in [2.05, 4.69) is 28.9 Å². The van der Waals surface area contributed by atoms with E-state index in [9.17, 15) is 14.9 Å². The van der Waals surface area contributed by atoms with E-state index in [1.54, 1.807) is 23.5 Å². The third-order valence-corrected chi connectivity index (χ3v) is 4.84. The van der Waals surface area contributed by atoms with Gasteiger partial charge in [-0.2, -0.15) is 0 Å². The molecule has 0 aliphatic heterocycles. The van der Waals surface area contributed by atoms with Crippen molar-refractivity contribution in [3.63, 3.8) is 0 Å². The summed E-state index contributed by atoms with van der Waals surface area (Å²) in [5.41, 5.74) is 1.72. The third kappa shape index (κ3) is 4.89. The lowest BCUT2D eigenvalue weighted by molar-refractivity contribution is -0.384. The highest BCUT2D eigenvalue weighted by Crippen LogP contribution is 2.31. The van der Waals surface area contributed by atoms with Crippen LogP contribution in [0.2, 0.25) is 0 Å². The Balaban J connectivity index is 2.23. The molecule has 2 rings (SSSR count). The summed E-state index contributed by atoms with van der Waals surface area (Å²) < 4.78 is 4.52. The summed E-state index contributed by atoms with van der Waals surface area (Å²) in [6, 6.07) is 4.56. The van der Waals surface area contributed by atoms with E-state index in [1.807, 2.05) is 12.3 Å². The Morgan fingerprint density at radius 1 is 1.38 bits per heavy atom. The molecule has 138 valence electrons. The maximum absolute atomic E-state index is 11.4. The van der Waals surface area contributed by atoms with Gasteiger partial charge in [0.15, 0.2) is 0 Å². The number of esters is 1. The molecule has 0 saturated carbocycles. The maximum atomic E-state index is 11.4. The second-order valence-electron chi connectivity index (χ2n) is 6.02. The van der Waals surface area contributed by atoms with Gasteiger partial charge >= 0.3 is 5.97 Å². The number of nitro groups is 1. The first kappa shape index (κ1) is 19.6. The summed E-state index contributed by atoms with van der Waals surface area (Å²) in [5.74, 6) is -0.177. The molecule has 0 radical (unpaired) electrons. The van der Waals surface area contributed by atoms with Crippen molar-refractivity contribution in [2.45, 2.75) is 32.7 Å². The van der Waals surface area contributed by atoms with Crippen molar-refractivity contribution in [1.29, 1.82) is 0 Å². The SMILES string of the molecule is COC(=O)/C=C/c1ccc(NC(C)c2csc(C(C)C)n2)c([N+](=O)[O-])c1. The number of hydrogen-bond donors (Lipinski definition) is 1. The van der Waals surface area contributed by atoms with Crippen molar-refractivity contribution in [3.05, 3.63) is 56.0 Å². The number of anilines is 1. The van der Waals surface area contributed by atoms with Gasteiger partial charge < -0.3 is 10.1 Å². The minimum absolute atomic E-state index is 0.0665. The van der Waals surface area contributed by atoms with Crippen LogP contribution in [0.4, 0.5) is 11.4 Å². The van der Waals surface area contributed by atoms with E-state index in [4.69, 9.17) is 0 Å². The Labute approximate surface area is 155 Å². The second-order valence-corrected chi connectivity index (χ2v) is 6.91. The van der Waals surface area contributed by atoms with Crippen LogP contribution < -0.4 is 5.32 Å². The van der Waals surface area contributed by atoms with E-state index in [0.717, 1.165) is 10.7 Å². The highest BCUT2D eigenvalue weighted by molar-refractivity contribution is 7.09. The van der Waals surface area contributed by atoms with E-state index in [-0.39, 0.29) is 11.7 Å². The minimum atomic E-state index is -0.520. The van der Waals surface area contributed by atoms with E-state index in [0.29, 0.717) is 17.2 Å². The van der Waals surface area contributed by atoms with Crippen molar-refractivity contribution in [2.75, 3.05) is 12.4 Å². The van der Waals surface area contributed by atoms with Crippen molar-refractivity contribution < 1.29 is 14.5 Å². The lowest BCUT2D eigenvalue weighted by Crippen LogP contribution is -2.09. The molecule has 0 amide bonds. The van der Waals surface area contributed by atoms with Gasteiger partial charge in [0.05, 0.1) is 28.8 Å². The molecule has 1 aromatic carbocycles. The topological polar surface area (TPSA) is 94.4 Å². The van der Waals surface area contributed by atoms with Crippen LogP contribution in [-0.2, 0) is 9.53 Å². The molecule has 1 unspecified atom stereocenters. The lowest BCUT2D eigenvalue weighted by atomic mass is 10.1. The first-order chi connectivity index (χ1) is 12.3. The van der Waals surface area contributed by atoms with Crippen LogP contribution in [0.5, 0.6) is 0 Å². The number of benzene rings is 1. The number of carbonyl (C=O) groups is 1. The number of ether oxygens (including phenoxy) is 1. The smallest absolute Gasteiger partial charge is 0.330 e. The van der Waals surface area contributed by atoms with Gasteiger partial charge in [0.25, 0.3) is 5.69 Å². The molecule has 0 spiro atoms. The zero-order valence-electron chi connectivity index (χ0n) is 15.1. The Hall–Kier alpha value is -2.74. The van der Waals surface area contributed by atoms with Gasteiger partial charge in [-0.25, -0.2) is 9.78 Å². The summed E-state index contributed by atoms with van der Waals surface area (Å²) >= 11 is 1.58. The van der Waals surface area contributed by atoms with Crippen molar-refractivity contribution in [1.82, 2.24) is 4.98 Å². The summed E-state index contributed by atoms with van der Waals surface area (Å²) in [5, 5.41) is 17.6. The van der Waals surface area contributed by atoms with Crippen LogP contribution in [0.3, 0.4) is 0 Å². The van der Waals surface area contributed by atoms with Gasteiger partial charge in [0, 0.05) is 23.4 Å². The van der Waals surface area contributed by atoms with Gasteiger partial charge in [-0.3, -0.25) is 10.1 Å². The summed E-state index contributed by atoms with van der Waals surface area (Å²) in [6.07, 6.45) is 2.69. The average molecular weight is 375 g/mol. The monoisotopic (exact) mass is 375 g/mol. The fourth-order valence-electron chi connectivity index (χ4n) is 2.23. The van der Waals surface area contributed by atoms with Gasteiger partial charge in [-0.1, -0.05) is 19.9 Å². The number of aromatic nitrogens is 1. The molecule has 0 saturated heterocycles. The van der Waals surface area contributed by atoms with Crippen LogP contribution in [0.1, 0.15) is 49.0 Å². The predicted molar refractivity (Wildman–Crippen MR) is 102 cm³/mol. The molecule has 0 aliphatic carbocycles. The zero-order valence-corrected chi connectivity index (χ0v) is 15.9. The van der Waals surface area contributed by atoms with Crippen LogP contribution in [-0.4, -0.2) is 23.0 Å². The second kappa shape index (κ2) is 8.57. The Kier molecular flexibility index (Phi) is 6.46. The number of hydrogen-bond acceptors (Lipinski definition) is 7. The highest BCUT2D eigenvalue weighted by Gasteiger charge is 2.18. The van der Waals surface area contributed by atoms with Gasteiger partial charge in [-0.05, 0) is 24.6 Å².